The number of fused-ring (bicyclic) bond motifs is 1. The van der Waals surface area contributed by atoms with Crippen LogP contribution in [0.5, 0.6) is 11.5 Å². The molecule has 0 aromatic heterocycles. The number of piperazine rings is 1. The van der Waals surface area contributed by atoms with Crippen molar-refractivity contribution in [1.82, 2.24) is 14.0 Å². The fraction of sp³-hybridized carbons (Fsp3) is 0.231. The average Bonchev–Trinajstić information content (AvgIpc) is 2.98. The van der Waals surface area contributed by atoms with Crippen LogP contribution in [0.3, 0.4) is 0 Å². The highest BCUT2D eigenvalue weighted by Gasteiger charge is 2.43. The molecule has 1 atom stereocenters. The van der Waals surface area contributed by atoms with E-state index in [1.165, 1.54) is 30.5 Å². The summed E-state index contributed by atoms with van der Waals surface area (Å²) < 4.78 is 66.9. The molecule has 0 spiro atoms. The molecule has 204 valence electrons. The average molecular weight is 571 g/mol. The number of benzene rings is 3. The summed E-state index contributed by atoms with van der Waals surface area (Å²) in [5, 5.41) is 4.01. The molecule has 0 aliphatic carbocycles. The first-order valence-corrected chi connectivity index (χ1v) is 15.0. The molecule has 0 unspecified atom stereocenters. The third-order valence-corrected chi connectivity index (χ3v) is 10.1. The number of hydrazone groups is 1. The maximum absolute atomic E-state index is 13.5. The molecular formula is C26H26N4O7S2. The minimum Gasteiger partial charge on any atom is -0.486 e. The SMILES string of the molecule is O=C(N/N=C\c1cccc2c1OCCO2)[C@H]1CN(S(=O)(=O)c2ccccc2)CCN1S(=O)(=O)c1ccccc1. The number of rotatable bonds is 7. The van der Waals surface area contributed by atoms with Gasteiger partial charge in [-0.3, -0.25) is 4.79 Å². The van der Waals surface area contributed by atoms with Gasteiger partial charge >= 0.3 is 0 Å². The summed E-state index contributed by atoms with van der Waals surface area (Å²) in [7, 11) is -8.09. The van der Waals surface area contributed by atoms with Crippen molar-refractivity contribution < 1.29 is 31.1 Å². The second kappa shape index (κ2) is 11.1. The number of sulfonamides is 2. The molecule has 3 aromatic carbocycles. The standard InChI is InChI=1S/C26H26N4O7S2/c31-26(28-27-18-20-8-7-13-24-25(20)37-17-16-36-24)23-19-29(38(32,33)21-9-3-1-4-10-21)14-15-30(23)39(34,35)22-11-5-2-6-12-22/h1-13,18,23H,14-17,19H2,(H,28,31)/b27-18-/t23-/m1/s1. The fourth-order valence-electron chi connectivity index (χ4n) is 4.37. The molecule has 2 heterocycles. The molecule has 5 rings (SSSR count). The molecule has 1 saturated heterocycles. The van der Waals surface area contributed by atoms with E-state index in [1.807, 2.05) is 0 Å². The van der Waals surface area contributed by atoms with Crippen LogP contribution in [0.4, 0.5) is 0 Å². The van der Waals surface area contributed by atoms with E-state index >= 15 is 0 Å². The van der Waals surface area contributed by atoms with Crippen molar-refractivity contribution in [2.45, 2.75) is 15.8 Å². The normalized spacial score (nSPS) is 18.6. The van der Waals surface area contributed by atoms with Gasteiger partial charge in [0, 0.05) is 25.2 Å². The van der Waals surface area contributed by atoms with Crippen LogP contribution in [0.1, 0.15) is 5.56 Å². The molecular weight excluding hydrogens is 544 g/mol. The Morgan fingerprint density at radius 3 is 2.15 bits per heavy atom. The lowest BCUT2D eigenvalue weighted by atomic mass is 10.2. The molecule has 0 bridgehead atoms. The minimum atomic E-state index is -4.12. The van der Waals surface area contributed by atoms with E-state index in [-0.39, 0.29) is 29.4 Å². The number of amides is 1. The van der Waals surface area contributed by atoms with Crippen molar-refractivity contribution in [3.8, 4) is 11.5 Å². The van der Waals surface area contributed by atoms with E-state index in [9.17, 15) is 21.6 Å². The molecule has 1 amide bonds. The number of nitrogens with zero attached hydrogens (tertiary/aromatic N) is 3. The summed E-state index contributed by atoms with van der Waals surface area (Å²) in [5.74, 6) is 0.249. The van der Waals surface area contributed by atoms with Gasteiger partial charge in [-0.05, 0) is 36.4 Å². The van der Waals surface area contributed by atoms with Gasteiger partial charge in [0.25, 0.3) is 5.91 Å². The second-order valence-corrected chi connectivity index (χ2v) is 12.6. The van der Waals surface area contributed by atoms with E-state index in [4.69, 9.17) is 9.47 Å². The zero-order valence-corrected chi connectivity index (χ0v) is 22.3. The maximum atomic E-state index is 13.5. The van der Waals surface area contributed by atoms with Gasteiger partial charge in [0.15, 0.2) is 11.5 Å². The second-order valence-electron chi connectivity index (χ2n) is 8.73. The molecule has 13 heteroatoms. The first-order chi connectivity index (χ1) is 18.8. The Morgan fingerprint density at radius 2 is 1.46 bits per heavy atom. The summed E-state index contributed by atoms with van der Waals surface area (Å²) in [4.78, 5) is 13.4. The predicted molar refractivity (Wildman–Crippen MR) is 142 cm³/mol. The first kappa shape index (κ1) is 26.8. The molecule has 39 heavy (non-hydrogen) atoms. The molecule has 2 aliphatic heterocycles. The molecule has 0 saturated carbocycles. The van der Waals surface area contributed by atoms with Crippen LogP contribution < -0.4 is 14.9 Å². The van der Waals surface area contributed by atoms with E-state index < -0.39 is 32.0 Å². The lowest BCUT2D eigenvalue weighted by molar-refractivity contribution is -0.125. The van der Waals surface area contributed by atoms with Crippen LogP contribution in [-0.2, 0) is 24.8 Å². The summed E-state index contributed by atoms with van der Waals surface area (Å²) in [6.07, 6.45) is 1.36. The van der Waals surface area contributed by atoms with Crippen molar-refractivity contribution in [2.75, 3.05) is 32.8 Å². The third-order valence-electron chi connectivity index (χ3n) is 6.30. The van der Waals surface area contributed by atoms with Gasteiger partial charge in [0.1, 0.15) is 19.3 Å². The first-order valence-electron chi connectivity index (χ1n) is 12.1. The van der Waals surface area contributed by atoms with Gasteiger partial charge < -0.3 is 9.47 Å². The summed E-state index contributed by atoms with van der Waals surface area (Å²) >= 11 is 0. The molecule has 11 nitrogen and oxygen atoms in total. The number of nitrogens with one attached hydrogen (secondary N) is 1. The number of para-hydroxylation sites is 1. The molecule has 0 radical (unpaired) electrons. The van der Waals surface area contributed by atoms with Gasteiger partial charge in [0.05, 0.1) is 16.0 Å². The predicted octanol–water partition coefficient (Wildman–Crippen LogP) is 1.67. The Morgan fingerprint density at radius 1 is 0.821 bits per heavy atom. The van der Waals surface area contributed by atoms with Gasteiger partial charge in [0.2, 0.25) is 20.0 Å². The summed E-state index contributed by atoms with van der Waals surface area (Å²) in [5.41, 5.74) is 2.93. The molecule has 3 aromatic rings. The molecule has 2 aliphatic rings. The van der Waals surface area contributed by atoms with E-state index in [0.29, 0.717) is 30.3 Å². The Labute approximate surface area is 226 Å². The van der Waals surface area contributed by atoms with E-state index in [1.54, 1.807) is 54.6 Å². The van der Waals surface area contributed by atoms with Gasteiger partial charge in [-0.1, -0.05) is 42.5 Å². The van der Waals surface area contributed by atoms with Crippen LogP contribution in [0, 0.1) is 0 Å². The topological polar surface area (TPSA) is 135 Å². The van der Waals surface area contributed by atoms with E-state index in [0.717, 1.165) is 8.61 Å². The number of hydrogen-bond donors (Lipinski definition) is 1. The van der Waals surface area contributed by atoms with Crippen LogP contribution in [-0.4, -0.2) is 76.5 Å². The van der Waals surface area contributed by atoms with Gasteiger partial charge in [-0.25, -0.2) is 22.3 Å². The van der Waals surface area contributed by atoms with Crippen LogP contribution in [0.15, 0.2) is 93.8 Å². The van der Waals surface area contributed by atoms with Crippen LogP contribution >= 0.6 is 0 Å². The van der Waals surface area contributed by atoms with Crippen molar-refractivity contribution in [3.05, 3.63) is 84.4 Å². The molecule has 1 N–H and O–H groups in total. The van der Waals surface area contributed by atoms with Crippen LogP contribution in [0.25, 0.3) is 0 Å². The maximum Gasteiger partial charge on any atom is 0.259 e. The number of carbonyl (C=O) groups is 1. The number of ether oxygens (including phenoxy) is 2. The zero-order chi connectivity index (χ0) is 27.5. The zero-order valence-electron chi connectivity index (χ0n) is 20.7. The van der Waals surface area contributed by atoms with Gasteiger partial charge in [-0.15, -0.1) is 0 Å². The van der Waals surface area contributed by atoms with Crippen molar-refractivity contribution >= 4 is 32.2 Å². The largest absolute Gasteiger partial charge is 0.486 e. The Bertz CT molecular complexity index is 1580. The van der Waals surface area contributed by atoms with Crippen molar-refractivity contribution in [3.63, 3.8) is 0 Å². The summed E-state index contributed by atoms with van der Waals surface area (Å²) in [6.45, 7) is 0.0546. The Hall–Kier alpha value is -3.78. The van der Waals surface area contributed by atoms with Crippen LogP contribution in [0.2, 0.25) is 0 Å². The highest BCUT2D eigenvalue weighted by molar-refractivity contribution is 7.89. The monoisotopic (exact) mass is 570 g/mol. The minimum absolute atomic E-state index is 0.00118. The molecule has 1 fully saturated rings. The smallest absolute Gasteiger partial charge is 0.259 e. The Balaban J connectivity index is 1.42. The number of hydrogen-bond acceptors (Lipinski definition) is 8. The third kappa shape index (κ3) is 5.52. The summed E-state index contributed by atoms with van der Waals surface area (Å²) in [6, 6.07) is 19.3. The highest BCUT2D eigenvalue weighted by atomic mass is 32.2. The lowest BCUT2D eigenvalue weighted by Crippen LogP contribution is -2.60. The quantitative estimate of drug-likeness (QED) is 0.337. The van der Waals surface area contributed by atoms with Gasteiger partial charge in [-0.2, -0.15) is 13.7 Å². The number of carbonyl (C=O) groups excluding carboxylic acids is 1. The van der Waals surface area contributed by atoms with E-state index in [2.05, 4.69) is 10.5 Å². The Kier molecular flexibility index (Phi) is 7.66. The highest BCUT2D eigenvalue weighted by Crippen LogP contribution is 2.32. The lowest BCUT2D eigenvalue weighted by Gasteiger charge is -2.38. The van der Waals surface area contributed by atoms with Crippen molar-refractivity contribution in [2.24, 2.45) is 5.10 Å². The van der Waals surface area contributed by atoms with Crippen molar-refractivity contribution in [1.29, 1.82) is 0 Å². The fourth-order valence-corrected chi connectivity index (χ4v) is 7.42.